The molecule has 4 rings (SSSR count). The number of amides is 1. The summed E-state index contributed by atoms with van der Waals surface area (Å²) in [5, 5.41) is 43.2. The molecule has 1 unspecified atom stereocenters. The molecule has 15 nitrogen and oxygen atoms in total. The Labute approximate surface area is 205 Å². The quantitative estimate of drug-likeness (QED) is 0.293. The first-order valence-electron chi connectivity index (χ1n) is 11.6. The molecule has 0 spiro atoms. The van der Waals surface area contributed by atoms with Crippen LogP contribution in [0.2, 0.25) is 0 Å². The largest absolute Gasteiger partial charge is 0.497 e. The predicted octanol–water partition coefficient (Wildman–Crippen LogP) is 1.51. The number of benzene rings is 1. The smallest absolute Gasteiger partial charge is 0.324 e. The molecular weight excluding hydrogens is 480 g/mol. The number of phenols is 1. The van der Waals surface area contributed by atoms with Gasteiger partial charge in [0, 0.05) is 5.54 Å². The van der Waals surface area contributed by atoms with Crippen molar-refractivity contribution in [2.45, 2.75) is 50.1 Å². The Balaban J connectivity index is 0.000000207. The molecule has 0 radical (unpaired) electrons. The van der Waals surface area contributed by atoms with E-state index in [1.165, 1.54) is 12.8 Å². The molecule has 2 N–H and O–H groups in total. The van der Waals surface area contributed by atoms with Gasteiger partial charge in [0.05, 0.1) is 33.4 Å². The Hall–Kier alpha value is -3.72. The third-order valence-electron chi connectivity index (χ3n) is 6.96. The molecule has 1 atom stereocenters. The summed E-state index contributed by atoms with van der Waals surface area (Å²) < 4.78 is 0. The molecule has 0 bridgehead atoms. The fourth-order valence-corrected chi connectivity index (χ4v) is 5.29. The van der Waals surface area contributed by atoms with E-state index in [-0.39, 0.29) is 17.5 Å². The van der Waals surface area contributed by atoms with Gasteiger partial charge in [0.1, 0.15) is 12.3 Å². The molecule has 196 valence electrons. The normalized spacial score (nSPS) is 19.6. The number of nitro groups is 3. The minimum Gasteiger partial charge on any atom is -0.497 e. The van der Waals surface area contributed by atoms with Gasteiger partial charge in [-0.2, -0.15) is 0 Å². The number of nitro benzene ring substituents is 3. The van der Waals surface area contributed by atoms with E-state index in [4.69, 9.17) is 5.11 Å². The van der Waals surface area contributed by atoms with Crippen molar-refractivity contribution < 1.29 is 29.5 Å². The molecule has 15 heteroatoms. The lowest BCUT2D eigenvalue weighted by Crippen LogP contribution is -2.58. The molecule has 3 aliphatic heterocycles. The number of hydrogen-bond acceptors (Lipinski definition) is 11. The number of carbonyl (C=O) groups is 2. The fraction of sp³-hybridized carbons (Fsp3) is 0.619. The van der Waals surface area contributed by atoms with E-state index in [0.29, 0.717) is 18.7 Å². The van der Waals surface area contributed by atoms with E-state index in [9.17, 15) is 39.9 Å². The molecule has 0 aromatic heterocycles. The number of aromatic hydroxyl groups is 1. The third-order valence-corrected chi connectivity index (χ3v) is 6.96. The number of likely N-dealkylation sites (tertiary alicyclic amines) is 1. The summed E-state index contributed by atoms with van der Waals surface area (Å²) in [7, 11) is 0. The molecule has 0 aliphatic carbocycles. The van der Waals surface area contributed by atoms with Gasteiger partial charge >= 0.3 is 11.4 Å². The van der Waals surface area contributed by atoms with Crippen molar-refractivity contribution in [2.75, 3.05) is 32.7 Å². The number of hydrogen-bond donors (Lipinski definition) is 2. The number of rotatable bonds is 8. The highest BCUT2D eigenvalue weighted by Crippen LogP contribution is 2.41. The summed E-state index contributed by atoms with van der Waals surface area (Å²) in [6.07, 6.45) is 7.70. The van der Waals surface area contributed by atoms with Crippen molar-refractivity contribution in [3.8, 4) is 5.75 Å². The Bertz CT molecular complexity index is 998. The van der Waals surface area contributed by atoms with Gasteiger partial charge in [-0.1, -0.05) is 0 Å². The van der Waals surface area contributed by atoms with Crippen molar-refractivity contribution in [1.29, 1.82) is 0 Å². The molecule has 1 aromatic rings. The van der Waals surface area contributed by atoms with Gasteiger partial charge < -0.3 is 15.2 Å². The summed E-state index contributed by atoms with van der Waals surface area (Å²) in [5.74, 6) is -1.20. The zero-order valence-corrected chi connectivity index (χ0v) is 19.5. The molecule has 3 aliphatic rings. The van der Waals surface area contributed by atoms with Crippen LogP contribution in [0.15, 0.2) is 12.1 Å². The van der Waals surface area contributed by atoms with Crippen LogP contribution in [0.5, 0.6) is 5.75 Å². The Morgan fingerprint density at radius 1 is 0.972 bits per heavy atom. The van der Waals surface area contributed by atoms with E-state index >= 15 is 0 Å². The maximum Gasteiger partial charge on any atom is 0.324 e. The summed E-state index contributed by atoms with van der Waals surface area (Å²) in [4.78, 5) is 56.1. The van der Waals surface area contributed by atoms with Gasteiger partial charge in [0.25, 0.3) is 11.4 Å². The maximum absolute atomic E-state index is 12.2. The lowest BCUT2D eigenvalue weighted by atomic mass is 9.86. The van der Waals surface area contributed by atoms with Crippen LogP contribution < -0.4 is 5.32 Å². The van der Waals surface area contributed by atoms with Crippen LogP contribution in [-0.4, -0.2) is 86.2 Å². The highest BCUT2D eigenvalue weighted by atomic mass is 16.6. The van der Waals surface area contributed by atoms with Crippen molar-refractivity contribution in [2.24, 2.45) is 0 Å². The molecule has 3 heterocycles. The van der Waals surface area contributed by atoms with Crippen molar-refractivity contribution in [3.63, 3.8) is 0 Å². The van der Waals surface area contributed by atoms with Gasteiger partial charge in [-0.05, 0) is 64.7 Å². The third kappa shape index (κ3) is 5.73. The number of fused-ring (bicyclic) bond motifs is 1. The van der Waals surface area contributed by atoms with Crippen LogP contribution >= 0.6 is 0 Å². The number of aldehydes is 1. The van der Waals surface area contributed by atoms with Gasteiger partial charge in [-0.15, -0.1) is 0 Å². The molecule has 3 saturated heterocycles. The predicted molar refractivity (Wildman–Crippen MR) is 125 cm³/mol. The molecule has 36 heavy (non-hydrogen) atoms. The SMILES string of the molecule is O=CC(NC(=O)CN1CCCC1)C12CCCN1CCC2.O=[N+]([O-])c1cc([N+](=O)[O-])c(O)c([N+](=O)[O-])c1. The second-order valence-electron chi connectivity index (χ2n) is 9.07. The van der Waals surface area contributed by atoms with E-state index in [1.807, 2.05) is 0 Å². The van der Waals surface area contributed by atoms with Crippen LogP contribution in [0.1, 0.15) is 38.5 Å². The Kier molecular flexibility index (Phi) is 8.47. The minimum absolute atomic E-state index is 0.0112. The second-order valence-corrected chi connectivity index (χ2v) is 9.07. The second kappa shape index (κ2) is 11.3. The lowest BCUT2D eigenvalue weighted by molar-refractivity contribution is -0.404. The van der Waals surface area contributed by atoms with E-state index < -0.39 is 37.6 Å². The van der Waals surface area contributed by atoms with Crippen LogP contribution in [0.4, 0.5) is 17.1 Å². The first-order chi connectivity index (χ1) is 17.1. The van der Waals surface area contributed by atoms with Crippen molar-refractivity contribution in [3.05, 3.63) is 42.5 Å². The zero-order chi connectivity index (χ0) is 26.5. The minimum atomic E-state index is -1.21. The van der Waals surface area contributed by atoms with Crippen LogP contribution in [0, 0.1) is 30.3 Å². The van der Waals surface area contributed by atoms with E-state index in [1.54, 1.807) is 0 Å². The molecular formula is C21H28N6O9. The lowest BCUT2D eigenvalue weighted by Gasteiger charge is -2.37. The number of carbonyl (C=O) groups excluding carboxylic acids is 2. The maximum atomic E-state index is 12.2. The van der Waals surface area contributed by atoms with E-state index in [0.717, 1.165) is 58.1 Å². The monoisotopic (exact) mass is 508 g/mol. The number of nitrogens with zero attached hydrogens (tertiary/aromatic N) is 5. The fourth-order valence-electron chi connectivity index (χ4n) is 5.29. The first-order valence-corrected chi connectivity index (χ1v) is 11.6. The molecule has 0 saturated carbocycles. The van der Waals surface area contributed by atoms with Crippen LogP contribution in [0.3, 0.4) is 0 Å². The van der Waals surface area contributed by atoms with Gasteiger partial charge in [-0.25, -0.2) is 0 Å². The molecule has 1 amide bonds. The average Bonchev–Trinajstić information content (AvgIpc) is 3.55. The standard InChI is InChI=1S/C15H25N3O2.C6H3N3O7/c19-12-13(15-5-3-9-18(15)10-4-6-15)16-14(20)11-17-7-1-2-8-17;10-6-4(8(13)14)1-3(7(11)12)2-5(6)9(15)16/h12-13H,1-11H2,(H,16,20);1-2,10H. The molecule has 3 fully saturated rings. The number of nitrogens with one attached hydrogen (secondary N) is 1. The average molecular weight is 508 g/mol. The number of phenolic OH excluding ortho intramolecular Hbond substituents is 1. The Morgan fingerprint density at radius 3 is 1.94 bits per heavy atom. The Morgan fingerprint density at radius 2 is 1.50 bits per heavy atom. The highest BCUT2D eigenvalue weighted by Gasteiger charge is 2.50. The zero-order valence-electron chi connectivity index (χ0n) is 19.5. The molecule has 1 aromatic carbocycles. The van der Waals surface area contributed by atoms with Crippen molar-refractivity contribution >= 4 is 29.3 Å². The summed E-state index contributed by atoms with van der Waals surface area (Å²) >= 11 is 0. The summed E-state index contributed by atoms with van der Waals surface area (Å²) in [6, 6.07) is 0.563. The highest BCUT2D eigenvalue weighted by molar-refractivity contribution is 5.82. The van der Waals surface area contributed by atoms with Crippen molar-refractivity contribution in [1.82, 2.24) is 15.1 Å². The number of non-ortho nitro benzene ring substituents is 1. The van der Waals surface area contributed by atoms with Crippen LogP contribution in [-0.2, 0) is 9.59 Å². The summed E-state index contributed by atoms with van der Waals surface area (Å²) in [5.41, 5.74) is -3.08. The van der Waals surface area contributed by atoms with Gasteiger partial charge in [0.15, 0.2) is 0 Å². The van der Waals surface area contributed by atoms with E-state index in [2.05, 4.69) is 15.1 Å². The first kappa shape index (κ1) is 26.9. The van der Waals surface area contributed by atoms with Crippen LogP contribution in [0.25, 0.3) is 0 Å². The topological polar surface area (TPSA) is 202 Å². The summed E-state index contributed by atoms with van der Waals surface area (Å²) in [6.45, 7) is 4.62. The van der Waals surface area contributed by atoms with Gasteiger partial charge in [-0.3, -0.25) is 44.9 Å². The van der Waals surface area contributed by atoms with Gasteiger partial charge in [0.2, 0.25) is 5.91 Å².